The molecule has 3 unspecified atom stereocenters. The number of unbranched alkanes of at least 4 members (excludes halogenated alkanes) is 13. The fraction of sp³-hybridized carbons (Fsp3) is 0.735. The molecule has 9 heteroatoms. The minimum atomic E-state index is -3.15. The highest BCUT2D eigenvalue weighted by Crippen LogP contribution is 2.37. The molecule has 1 aromatic carbocycles. The van der Waals surface area contributed by atoms with Gasteiger partial charge in [-0.25, -0.2) is 4.57 Å². The van der Waals surface area contributed by atoms with Crippen LogP contribution < -0.4 is 0 Å². The van der Waals surface area contributed by atoms with Gasteiger partial charge in [-0.1, -0.05) is 116 Å². The zero-order chi connectivity index (χ0) is 31.7. The zero-order valence-electron chi connectivity index (χ0n) is 27.3. The summed E-state index contributed by atoms with van der Waals surface area (Å²) in [5, 5.41) is 0. The minimum Gasteiger partial charge on any atom is -0.393 e. The lowest BCUT2D eigenvalue weighted by molar-refractivity contribution is -0.149. The smallest absolute Gasteiger partial charge is 0.372 e. The standard InChI is InChI=1S/C34H56NO7P/c1-6-8-9-10-11-12-13-14-15-16-17-18-19-22-25-40-30(7-2)41-43(39)42-33(38)34(4,5)27(3)26-35-31(36)28-23-20-21-24-29(28)32(35)37/h20-21,23-24,27,30,43H,6-19,22,25-26H2,1-5H3. The second-order valence-corrected chi connectivity index (χ2v) is 13.4. The van der Waals surface area contributed by atoms with E-state index < -0.39 is 31.8 Å². The number of rotatable bonds is 24. The van der Waals surface area contributed by atoms with Crippen LogP contribution in [0.1, 0.15) is 152 Å². The Balaban J connectivity index is 1.60. The maximum Gasteiger partial charge on any atom is 0.372 e. The average molecular weight is 622 g/mol. The fourth-order valence-electron chi connectivity index (χ4n) is 5.19. The minimum absolute atomic E-state index is 0.0378. The molecule has 43 heavy (non-hydrogen) atoms. The summed E-state index contributed by atoms with van der Waals surface area (Å²) in [6, 6.07) is 6.66. The Hall–Kier alpha value is -2.02. The number of fused-ring (bicyclic) bond motifs is 1. The van der Waals surface area contributed by atoms with E-state index in [2.05, 4.69) is 6.92 Å². The van der Waals surface area contributed by atoms with Crippen molar-refractivity contribution >= 4 is 26.0 Å². The lowest BCUT2D eigenvalue weighted by Gasteiger charge is -2.31. The van der Waals surface area contributed by atoms with E-state index in [1.807, 2.05) is 6.92 Å². The summed E-state index contributed by atoms with van der Waals surface area (Å²) in [5.74, 6) is -1.91. The first-order valence-corrected chi connectivity index (χ1v) is 17.9. The third-order valence-corrected chi connectivity index (χ3v) is 9.44. The SMILES string of the molecule is CCCCCCCCCCCCCCCCOC(CC)O[PH](=O)OC(=O)C(C)(C)C(C)CN1C(=O)c2ccccc2C1=O. The van der Waals surface area contributed by atoms with Crippen molar-refractivity contribution in [2.75, 3.05) is 13.2 Å². The first-order chi connectivity index (χ1) is 20.6. The van der Waals surface area contributed by atoms with Crippen molar-refractivity contribution in [3.05, 3.63) is 35.4 Å². The molecule has 0 radical (unpaired) electrons. The van der Waals surface area contributed by atoms with Crippen molar-refractivity contribution < 1.29 is 32.7 Å². The fourth-order valence-corrected chi connectivity index (χ4v) is 6.11. The Morgan fingerprint density at radius 3 is 1.74 bits per heavy atom. The van der Waals surface area contributed by atoms with E-state index in [4.69, 9.17) is 13.8 Å². The molecule has 0 aromatic heterocycles. The Bertz CT molecular complexity index is 993. The van der Waals surface area contributed by atoms with Gasteiger partial charge in [-0.05, 0) is 44.7 Å². The summed E-state index contributed by atoms with van der Waals surface area (Å²) in [5.41, 5.74) is -0.396. The van der Waals surface area contributed by atoms with Crippen molar-refractivity contribution in [3.63, 3.8) is 0 Å². The van der Waals surface area contributed by atoms with E-state index in [1.165, 1.54) is 77.0 Å². The van der Waals surface area contributed by atoms with E-state index >= 15 is 0 Å². The summed E-state index contributed by atoms with van der Waals surface area (Å²) in [4.78, 5) is 39.6. The first-order valence-electron chi connectivity index (χ1n) is 16.6. The van der Waals surface area contributed by atoms with Crippen LogP contribution in [-0.2, 0) is 23.1 Å². The van der Waals surface area contributed by atoms with Gasteiger partial charge in [-0.3, -0.25) is 23.8 Å². The third kappa shape index (κ3) is 12.5. The van der Waals surface area contributed by atoms with Crippen LogP contribution in [0.3, 0.4) is 0 Å². The lowest BCUT2D eigenvalue weighted by Crippen LogP contribution is -2.42. The number of imide groups is 1. The molecular weight excluding hydrogens is 565 g/mol. The predicted octanol–water partition coefficient (Wildman–Crippen LogP) is 9.13. The molecule has 0 aliphatic carbocycles. The number of carbonyl (C=O) groups excluding carboxylic acids is 3. The molecule has 0 saturated heterocycles. The lowest BCUT2D eigenvalue weighted by atomic mass is 9.80. The molecule has 0 bridgehead atoms. The summed E-state index contributed by atoms with van der Waals surface area (Å²) in [7, 11) is -3.15. The normalized spacial score (nSPS) is 15.4. The Morgan fingerprint density at radius 2 is 1.28 bits per heavy atom. The van der Waals surface area contributed by atoms with Gasteiger partial charge in [0.25, 0.3) is 11.8 Å². The monoisotopic (exact) mass is 621 g/mol. The van der Waals surface area contributed by atoms with Crippen LogP contribution in [-0.4, -0.2) is 42.1 Å². The topological polar surface area (TPSA) is 99.2 Å². The van der Waals surface area contributed by atoms with E-state index in [0.717, 1.165) is 17.7 Å². The van der Waals surface area contributed by atoms with Crippen molar-refractivity contribution in [3.8, 4) is 0 Å². The van der Waals surface area contributed by atoms with E-state index in [1.54, 1.807) is 45.0 Å². The molecule has 2 rings (SSSR count). The maximum atomic E-state index is 12.9. The van der Waals surface area contributed by atoms with Crippen molar-refractivity contribution in [1.29, 1.82) is 0 Å². The molecule has 0 fully saturated rings. The second-order valence-electron chi connectivity index (χ2n) is 12.5. The highest BCUT2D eigenvalue weighted by atomic mass is 31.1. The van der Waals surface area contributed by atoms with Gasteiger partial charge in [0.2, 0.25) is 0 Å². The number of amides is 2. The molecule has 244 valence electrons. The van der Waals surface area contributed by atoms with Gasteiger partial charge in [-0.15, -0.1) is 0 Å². The molecule has 0 N–H and O–H groups in total. The highest BCUT2D eigenvalue weighted by Gasteiger charge is 2.42. The van der Waals surface area contributed by atoms with Crippen LogP contribution in [0.5, 0.6) is 0 Å². The van der Waals surface area contributed by atoms with Gasteiger partial charge < -0.3 is 9.26 Å². The molecule has 3 atom stereocenters. The van der Waals surface area contributed by atoms with Crippen LogP contribution >= 0.6 is 8.25 Å². The highest BCUT2D eigenvalue weighted by molar-refractivity contribution is 7.34. The van der Waals surface area contributed by atoms with Gasteiger partial charge in [0, 0.05) is 13.2 Å². The Morgan fingerprint density at radius 1 is 0.814 bits per heavy atom. The van der Waals surface area contributed by atoms with Crippen molar-refractivity contribution in [2.24, 2.45) is 11.3 Å². The molecule has 1 aliphatic rings. The van der Waals surface area contributed by atoms with Gasteiger partial charge >= 0.3 is 14.2 Å². The number of carbonyl (C=O) groups is 3. The largest absolute Gasteiger partial charge is 0.393 e. The van der Waals surface area contributed by atoms with E-state index in [0.29, 0.717) is 24.2 Å². The summed E-state index contributed by atoms with van der Waals surface area (Å²) in [6.45, 7) is 9.72. The predicted molar refractivity (Wildman–Crippen MR) is 171 cm³/mol. The Labute approximate surface area is 260 Å². The van der Waals surface area contributed by atoms with Gasteiger partial charge in [0.15, 0.2) is 6.29 Å². The van der Waals surface area contributed by atoms with Crippen LogP contribution in [0.25, 0.3) is 0 Å². The number of hydrogen-bond donors (Lipinski definition) is 0. The van der Waals surface area contributed by atoms with Crippen molar-refractivity contribution in [2.45, 2.75) is 137 Å². The van der Waals surface area contributed by atoms with E-state index in [-0.39, 0.29) is 18.4 Å². The molecule has 0 spiro atoms. The van der Waals surface area contributed by atoms with Crippen molar-refractivity contribution in [1.82, 2.24) is 4.90 Å². The average Bonchev–Trinajstić information content (AvgIpc) is 3.23. The van der Waals surface area contributed by atoms with Gasteiger partial charge in [0.05, 0.1) is 16.5 Å². The summed E-state index contributed by atoms with van der Waals surface area (Å²) >= 11 is 0. The zero-order valence-corrected chi connectivity index (χ0v) is 28.3. The molecule has 1 aromatic rings. The molecule has 1 aliphatic heterocycles. The van der Waals surface area contributed by atoms with Crippen LogP contribution in [0.4, 0.5) is 0 Å². The summed E-state index contributed by atoms with van der Waals surface area (Å²) < 4.78 is 29.0. The molecule has 0 saturated carbocycles. The molecule has 8 nitrogen and oxygen atoms in total. The third-order valence-electron chi connectivity index (χ3n) is 8.63. The first kappa shape index (κ1) is 37.2. The Kier molecular flexibility index (Phi) is 17.4. The molecular formula is C34H56NO7P. The van der Waals surface area contributed by atoms with Crippen LogP contribution in [0.2, 0.25) is 0 Å². The van der Waals surface area contributed by atoms with Crippen LogP contribution in [0.15, 0.2) is 24.3 Å². The number of benzene rings is 1. The number of nitrogens with zero attached hydrogens (tertiary/aromatic N) is 1. The van der Waals surface area contributed by atoms with Gasteiger partial charge in [0.1, 0.15) is 0 Å². The van der Waals surface area contributed by atoms with Gasteiger partial charge in [-0.2, -0.15) is 0 Å². The van der Waals surface area contributed by atoms with E-state index in [9.17, 15) is 18.9 Å². The maximum absolute atomic E-state index is 12.9. The second kappa shape index (κ2) is 20.1. The molecule has 1 heterocycles. The number of hydrogen-bond acceptors (Lipinski definition) is 7. The number of ether oxygens (including phenoxy) is 1. The summed E-state index contributed by atoms with van der Waals surface area (Å²) in [6.07, 6.45) is 17.7. The quantitative estimate of drug-likeness (QED) is 0.0491. The molecule has 2 amide bonds. The van der Waals surface area contributed by atoms with Crippen LogP contribution in [0, 0.1) is 11.3 Å².